The van der Waals surface area contributed by atoms with E-state index in [0.29, 0.717) is 5.82 Å². The molecular formula is C14H21N7S. The molecular weight excluding hydrogens is 298 g/mol. The van der Waals surface area contributed by atoms with Crippen molar-refractivity contribution < 1.29 is 0 Å². The minimum absolute atomic E-state index is 0.581. The summed E-state index contributed by atoms with van der Waals surface area (Å²) in [5.74, 6) is 2.85. The number of nitrogens with zero attached hydrogens (tertiary/aromatic N) is 6. The molecule has 3 rings (SSSR count). The number of piperazine rings is 1. The normalized spacial score (nSPS) is 16.1. The van der Waals surface area contributed by atoms with Gasteiger partial charge in [-0.25, -0.2) is 4.98 Å². The van der Waals surface area contributed by atoms with Crippen LogP contribution >= 0.6 is 11.8 Å². The first-order chi connectivity index (χ1) is 10.9. The first-order valence-corrected chi connectivity index (χ1v) is 8.92. The minimum Gasteiger partial charge on any atom is -0.354 e. The van der Waals surface area contributed by atoms with E-state index in [9.17, 15) is 0 Å². The average Bonchev–Trinajstić information content (AvgIpc) is 3.11. The van der Waals surface area contributed by atoms with Crippen molar-refractivity contribution in [2.75, 3.05) is 49.6 Å². The van der Waals surface area contributed by atoms with Crippen molar-refractivity contribution in [3.05, 3.63) is 18.3 Å². The summed E-state index contributed by atoms with van der Waals surface area (Å²) in [5, 5.41) is 14.0. The van der Waals surface area contributed by atoms with Crippen molar-refractivity contribution in [1.82, 2.24) is 30.5 Å². The molecule has 0 bridgehead atoms. The Morgan fingerprint density at radius 2 is 2.09 bits per heavy atom. The smallest absolute Gasteiger partial charge is 0.206 e. The van der Waals surface area contributed by atoms with Gasteiger partial charge in [0.05, 0.1) is 0 Å². The molecule has 2 aromatic rings. The molecule has 22 heavy (non-hydrogen) atoms. The van der Waals surface area contributed by atoms with E-state index in [2.05, 4.69) is 41.7 Å². The van der Waals surface area contributed by atoms with Crippen LogP contribution in [0.4, 0.5) is 5.82 Å². The zero-order valence-corrected chi connectivity index (χ0v) is 13.6. The van der Waals surface area contributed by atoms with Crippen LogP contribution in [0.5, 0.6) is 0 Å². The number of aromatic nitrogens is 5. The van der Waals surface area contributed by atoms with Crippen LogP contribution in [-0.2, 0) is 0 Å². The summed E-state index contributed by atoms with van der Waals surface area (Å²) in [5.41, 5.74) is 0.883. The van der Waals surface area contributed by atoms with E-state index in [0.717, 1.165) is 37.6 Å². The lowest BCUT2D eigenvalue weighted by atomic mass is 10.2. The molecule has 0 spiro atoms. The summed E-state index contributed by atoms with van der Waals surface area (Å²) in [6.45, 7) is 5.51. The number of aromatic amines is 1. The van der Waals surface area contributed by atoms with Gasteiger partial charge in [0.2, 0.25) is 5.82 Å². The van der Waals surface area contributed by atoms with Gasteiger partial charge in [0.1, 0.15) is 5.82 Å². The third-order valence-corrected chi connectivity index (χ3v) is 4.57. The van der Waals surface area contributed by atoms with E-state index < -0.39 is 0 Å². The molecule has 1 saturated heterocycles. The monoisotopic (exact) mass is 319 g/mol. The van der Waals surface area contributed by atoms with E-state index in [4.69, 9.17) is 0 Å². The Hall–Kier alpha value is -1.67. The molecule has 7 nitrogen and oxygen atoms in total. The van der Waals surface area contributed by atoms with Crippen LogP contribution in [0.3, 0.4) is 0 Å². The lowest BCUT2D eigenvalue weighted by molar-refractivity contribution is 0.258. The molecule has 8 heteroatoms. The van der Waals surface area contributed by atoms with Crippen LogP contribution in [0.2, 0.25) is 0 Å². The van der Waals surface area contributed by atoms with Gasteiger partial charge in [0.15, 0.2) is 0 Å². The zero-order chi connectivity index (χ0) is 15.2. The minimum atomic E-state index is 0.581. The SMILES string of the molecule is CSCCCN1CCN(c2ccc(-c3nn[nH]n3)cn2)CC1. The van der Waals surface area contributed by atoms with Crippen LogP contribution in [0.15, 0.2) is 18.3 Å². The van der Waals surface area contributed by atoms with Gasteiger partial charge in [-0.15, -0.1) is 10.2 Å². The Kier molecular flexibility index (Phi) is 5.23. The third-order valence-electron chi connectivity index (χ3n) is 3.87. The predicted molar refractivity (Wildman–Crippen MR) is 89.1 cm³/mol. The van der Waals surface area contributed by atoms with E-state index in [-0.39, 0.29) is 0 Å². The van der Waals surface area contributed by atoms with Crippen molar-refractivity contribution in [3.8, 4) is 11.4 Å². The van der Waals surface area contributed by atoms with Crippen molar-refractivity contribution in [2.45, 2.75) is 6.42 Å². The standard InChI is InChI=1S/C14H21N7S/c1-22-10-2-5-20-6-8-21(9-7-20)13-4-3-12(11-15-13)14-16-18-19-17-14/h3-4,11H,2,5-10H2,1H3,(H,16,17,18,19). The number of H-pyrrole nitrogens is 1. The van der Waals surface area contributed by atoms with Gasteiger partial charge in [0, 0.05) is 37.9 Å². The molecule has 0 unspecified atom stereocenters. The fraction of sp³-hybridized carbons (Fsp3) is 0.571. The Morgan fingerprint density at radius 1 is 1.23 bits per heavy atom. The van der Waals surface area contributed by atoms with Crippen molar-refractivity contribution >= 4 is 17.6 Å². The van der Waals surface area contributed by atoms with Crippen molar-refractivity contribution in [2.24, 2.45) is 0 Å². The molecule has 118 valence electrons. The van der Waals surface area contributed by atoms with Crippen LogP contribution in [0.1, 0.15) is 6.42 Å². The van der Waals surface area contributed by atoms with Crippen LogP contribution in [-0.4, -0.2) is 75.2 Å². The highest BCUT2D eigenvalue weighted by Gasteiger charge is 2.17. The first-order valence-electron chi connectivity index (χ1n) is 7.53. The Bertz CT molecular complexity index is 549. The van der Waals surface area contributed by atoms with Gasteiger partial charge in [-0.3, -0.25) is 4.90 Å². The van der Waals surface area contributed by atoms with Crippen LogP contribution in [0, 0.1) is 0 Å². The molecule has 1 aliphatic heterocycles. The van der Waals surface area contributed by atoms with E-state index in [1.54, 1.807) is 0 Å². The van der Waals surface area contributed by atoms with Gasteiger partial charge in [-0.2, -0.15) is 17.0 Å². The Morgan fingerprint density at radius 3 is 2.73 bits per heavy atom. The molecule has 0 radical (unpaired) electrons. The number of anilines is 1. The van der Waals surface area contributed by atoms with Gasteiger partial charge in [-0.1, -0.05) is 0 Å². The molecule has 0 saturated carbocycles. The molecule has 2 aromatic heterocycles. The molecule has 0 atom stereocenters. The zero-order valence-electron chi connectivity index (χ0n) is 12.8. The number of hydrogen-bond donors (Lipinski definition) is 1. The van der Waals surface area contributed by atoms with Crippen LogP contribution < -0.4 is 4.90 Å². The predicted octanol–water partition coefficient (Wildman–Crippen LogP) is 1.14. The van der Waals surface area contributed by atoms with Gasteiger partial charge < -0.3 is 4.90 Å². The van der Waals surface area contributed by atoms with Crippen molar-refractivity contribution in [3.63, 3.8) is 0 Å². The molecule has 0 aliphatic carbocycles. The maximum absolute atomic E-state index is 4.54. The van der Waals surface area contributed by atoms with Crippen molar-refractivity contribution in [1.29, 1.82) is 0 Å². The molecule has 0 aromatic carbocycles. The number of nitrogens with one attached hydrogen (secondary N) is 1. The van der Waals surface area contributed by atoms with Gasteiger partial charge >= 0.3 is 0 Å². The fourth-order valence-electron chi connectivity index (χ4n) is 2.62. The highest BCUT2D eigenvalue weighted by Crippen LogP contribution is 2.18. The molecule has 3 heterocycles. The molecule has 0 amide bonds. The number of rotatable bonds is 6. The summed E-state index contributed by atoms with van der Waals surface area (Å²) < 4.78 is 0. The number of pyridine rings is 1. The van der Waals surface area contributed by atoms with E-state index in [1.807, 2.05) is 30.1 Å². The summed E-state index contributed by atoms with van der Waals surface area (Å²) in [6.07, 6.45) is 5.26. The largest absolute Gasteiger partial charge is 0.354 e. The summed E-state index contributed by atoms with van der Waals surface area (Å²) in [6, 6.07) is 4.03. The third kappa shape index (κ3) is 3.75. The fourth-order valence-corrected chi connectivity index (χ4v) is 3.04. The van der Waals surface area contributed by atoms with Gasteiger partial charge in [0.25, 0.3) is 0 Å². The second kappa shape index (κ2) is 7.55. The summed E-state index contributed by atoms with van der Waals surface area (Å²) in [4.78, 5) is 9.42. The average molecular weight is 319 g/mol. The number of tetrazole rings is 1. The highest BCUT2D eigenvalue weighted by molar-refractivity contribution is 7.98. The van der Waals surface area contributed by atoms with Gasteiger partial charge in [-0.05, 0) is 42.3 Å². The highest BCUT2D eigenvalue weighted by atomic mass is 32.2. The summed E-state index contributed by atoms with van der Waals surface area (Å²) in [7, 11) is 0. The number of thioether (sulfide) groups is 1. The quantitative estimate of drug-likeness (QED) is 0.800. The first kappa shape index (κ1) is 15.2. The molecule has 1 N–H and O–H groups in total. The molecule has 1 fully saturated rings. The summed E-state index contributed by atoms with van der Waals surface area (Å²) >= 11 is 1.92. The number of hydrogen-bond acceptors (Lipinski definition) is 7. The van der Waals surface area contributed by atoms with Crippen LogP contribution in [0.25, 0.3) is 11.4 Å². The maximum Gasteiger partial charge on any atom is 0.206 e. The Balaban J connectivity index is 1.53. The lowest BCUT2D eigenvalue weighted by Gasteiger charge is -2.35. The second-order valence-electron chi connectivity index (χ2n) is 5.32. The van der Waals surface area contributed by atoms with E-state index in [1.165, 1.54) is 18.7 Å². The topological polar surface area (TPSA) is 73.8 Å². The molecule has 1 aliphatic rings. The Labute approximate surface area is 134 Å². The second-order valence-corrected chi connectivity index (χ2v) is 6.30. The lowest BCUT2D eigenvalue weighted by Crippen LogP contribution is -2.47. The van der Waals surface area contributed by atoms with E-state index >= 15 is 0 Å². The maximum atomic E-state index is 4.54.